The van der Waals surface area contributed by atoms with Crippen molar-refractivity contribution < 1.29 is 14.6 Å². The van der Waals surface area contributed by atoms with Gasteiger partial charge in [0.15, 0.2) is 0 Å². The SMILES string of the molecule is CC(C)C(CCO)NCc1cc(O)cc(F)c1. The second-order valence-corrected chi connectivity index (χ2v) is 4.56. The zero-order valence-corrected chi connectivity index (χ0v) is 10.3. The van der Waals surface area contributed by atoms with Gasteiger partial charge in [-0.15, -0.1) is 0 Å². The Morgan fingerprint density at radius 2 is 2.00 bits per heavy atom. The van der Waals surface area contributed by atoms with Crippen LogP contribution < -0.4 is 5.32 Å². The first-order valence-electron chi connectivity index (χ1n) is 5.85. The van der Waals surface area contributed by atoms with Gasteiger partial charge in [0, 0.05) is 25.3 Å². The second kappa shape index (κ2) is 6.57. The lowest BCUT2D eigenvalue weighted by molar-refractivity contribution is 0.243. The van der Waals surface area contributed by atoms with Crippen LogP contribution in [0.4, 0.5) is 4.39 Å². The summed E-state index contributed by atoms with van der Waals surface area (Å²) in [6, 6.07) is 4.19. The Morgan fingerprint density at radius 1 is 1.29 bits per heavy atom. The fraction of sp³-hybridized carbons (Fsp3) is 0.538. The monoisotopic (exact) mass is 241 g/mol. The van der Waals surface area contributed by atoms with E-state index < -0.39 is 5.82 Å². The van der Waals surface area contributed by atoms with E-state index in [9.17, 15) is 9.50 Å². The summed E-state index contributed by atoms with van der Waals surface area (Å²) in [4.78, 5) is 0. The fourth-order valence-electron chi connectivity index (χ4n) is 1.79. The van der Waals surface area contributed by atoms with E-state index in [4.69, 9.17) is 5.11 Å². The van der Waals surface area contributed by atoms with Crippen LogP contribution in [0.3, 0.4) is 0 Å². The Balaban J connectivity index is 2.58. The van der Waals surface area contributed by atoms with Crippen molar-refractivity contribution >= 4 is 0 Å². The van der Waals surface area contributed by atoms with Crippen LogP contribution in [0.2, 0.25) is 0 Å². The zero-order valence-electron chi connectivity index (χ0n) is 10.3. The van der Waals surface area contributed by atoms with Gasteiger partial charge in [0.2, 0.25) is 0 Å². The summed E-state index contributed by atoms with van der Waals surface area (Å²) >= 11 is 0. The minimum Gasteiger partial charge on any atom is -0.508 e. The third-order valence-corrected chi connectivity index (χ3v) is 2.76. The molecule has 0 saturated carbocycles. The topological polar surface area (TPSA) is 52.5 Å². The molecule has 0 aliphatic carbocycles. The molecule has 0 radical (unpaired) electrons. The van der Waals surface area contributed by atoms with Gasteiger partial charge in [0.1, 0.15) is 11.6 Å². The number of hydrogen-bond donors (Lipinski definition) is 3. The maximum Gasteiger partial charge on any atom is 0.127 e. The highest BCUT2D eigenvalue weighted by Crippen LogP contribution is 2.15. The fourth-order valence-corrected chi connectivity index (χ4v) is 1.79. The second-order valence-electron chi connectivity index (χ2n) is 4.56. The van der Waals surface area contributed by atoms with E-state index in [1.807, 2.05) is 0 Å². The van der Waals surface area contributed by atoms with Crippen LogP contribution in [0.15, 0.2) is 18.2 Å². The third-order valence-electron chi connectivity index (χ3n) is 2.76. The van der Waals surface area contributed by atoms with E-state index in [0.29, 0.717) is 24.4 Å². The minimum atomic E-state index is -0.440. The lowest BCUT2D eigenvalue weighted by Crippen LogP contribution is -2.34. The Hall–Kier alpha value is -1.13. The molecule has 0 saturated heterocycles. The molecule has 96 valence electrons. The molecule has 0 amide bonds. The van der Waals surface area contributed by atoms with Gasteiger partial charge in [0.05, 0.1) is 0 Å². The number of halogens is 1. The van der Waals surface area contributed by atoms with Gasteiger partial charge in [-0.3, -0.25) is 0 Å². The molecule has 1 aromatic rings. The summed E-state index contributed by atoms with van der Waals surface area (Å²) in [5.74, 6) is -0.112. The van der Waals surface area contributed by atoms with Crippen molar-refractivity contribution in [2.24, 2.45) is 5.92 Å². The number of aliphatic hydroxyl groups is 1. The van der Waals surface area contributed by atoms with Crippen molar-refractivity contribution in [1.29, 1.82) is 0 Å². The van der Waals surface area contributed by atoms with E-state index in [2.05, 4.69) is 19.2 Å². The molecule has 3 nitrogen and oxygen atoms in total. The summed E-state index contributed by atoms with van der Waals surface area (Å²) in [5, 5.41) is 21.4. The van der Waals surface area contributed by atoms with Gasteiger partial charge in [0.25, 0.3) is 0 Å². The Labute approximate surface area is 101 Å². The molecule has 0 fully saturated rings. The molecule has 1 aromatic carbocycles. The van der Waals surface area contributed by atoms with Gasteiger partial charge in [-0.25, -0.2) is 4.39 Å². The molecule has 0 aromatic heterocycles. The molecule has 0 spiro atoms. The van der Waals surface area contributed by atoms with E-state index in [1.165, 1.54) is 12.1 Å². The number of rotatable bonds is 6. The Kier molecular flexibility index (Phi) is 5.38. The summed E-state index contributed by atoms with van der Waals surface area (Å²) < 4.78 is 13.0. The molecule has 0 aliphatic heterocycles. The molecule has 0 aliphatic rings. The van der Waals surface area contributed by atoms with Crippen molar-refractivity contribution in [3.63, 3.8) is 0 Å². The average molecular weight is 241 g/mol. The smallest absolute Gasteiger partial charge is 0.127 e. The maximum atomic E-state index is 13.0. The van der Waals surface area contributed by atoms with Crippen molar-refractivity contribution in [3.8, 4) is 5.75 Å². The van der Waals surface area contributed by atoms with Gasteiger partial charge >= 0.3 is 0 Å². The maximum absolute atomic E-state index is 13.0. The molecular formula is C13H20FNO2. The Bertz CT molecular complexity index is 335. The quantitative estimate of drug-likeness (QED) is 0.714. The van der Waals surface area contributed by atoms with Gasteiger partial charge < -0.3 is 15.5 Å². The number of phenolic OH excluding ortho intramolecular Hbond substituents is 1. The van der Waals surface area contributed by atoms with Crippen molar-refractivity contribution in [2.75, 3.05) is 6.61 Å². The van der Waals surface area contributed by atoms with Crippen LogP contribution >= 0.6 is 0 Å². The largest absolute Gasteiger partial charge is 0.508 e. The first-order valence-corrected chi connectivity index (χ1v) is 5.85. The highest BCUT2D eigenvalue weighted by molar-refractivity contribution is 5.28. The van der Waals surface area contributed by atoms with E-state index >= 15 is 0 Å². The van der Waals surface area contributed by atoms with Crippen LogP contribution in [-0.4, -0.2) is 22.9 Å². The standard InChI is InChI=1S/C13H20FNO2/c1-9(2)13(3-4-16)15-8-10-5-11(14)7-12(17)6-10/h5-7,9,13,15-17H,3-4,8H2,1-2H3. The number of aromatic hydroxyl groups is 1. The molecule has 3 N–H and O–H groups in total. The number of phenols is 1. The van der Waals surface area contributed by atoms with Gasteiger partial charge in [-0.1, -0.05) is 13.8 Å². The molecule has 4 heteroatoms. The van der Waals surface area contributed by atoms with E-state index in [0.717, 1.165) is 6.07 Å². The first-order chi connectivity index (χ1) is 8.02. The lowest BCUT2D eigenvalue weighted by atomic mass is 10.0. The lowest BCUT2D eigenvalue weighted by Gasteiger charge is -2.21. The van der Waals surface area contributed by atoms with Crippen LogP contribution in [0.1, 0.15) is 25.8 Å². The van der Waals surface area contributed by atoms with Crippen molar-refractivity contribution in [1.82, 2.24) is 5.32 Å². The number of nitrogens with one attached hydrogen (secondary N) is 1. The molecule has 0 bridgehead atoms. The van der Waals surface area contributed by atoms with Crippen LogP contribution in [0, 0.1) is 11.7 Å². The highest BCUT2D eigenvalue weighted by atomic mass is 19.1. The normalized spacial score (nSPS) is 13.0. The average Bonchev–Trinajstić information content (AvgIpc) is 2.22. The molecule has 17 heavy (non-hydrogen) atoms. The van der Waals surface area contributed by atoms with Gasteiger partial charge in [-0.2, -0.15) is 0 Å². The van der Waals surface area contributed by atoms with Crippen molar-refractivity contribution in [2.45, 2.75) is 32.9 Å². The number of hydrogen-bond acceptors (Lipinski definition) is 3. The van der Waals surface area contributed by atoms with E-state index in [-0.39, 0.29) is 18.4 Å². The molecule has 1 atom stereocenters. The zero-order chi connectivity index (χ0) is 12.8. The minimum absolute atomic E-state index is 0.0648. The highest BCUT2D eigenvalue weighted by Gasteiger charge is 2.12. The predicted molar refractivity (Wildman–Crippen MR) is 65.2 cm³/mol. The Morgan fingerprint density at radius 3 is 2.53 bits per heavy atom. The number of aliphatic hydroxyl groups excluding tert-OH is 1. The summed E-state index contributed by atoms with van der Waals surface area (Å²) in [6.07, 6.45) is 0.666. The van der Waals surface area contributed by atoms with Gasteiger partial charge in [-0.05, 0) is 30.0 Å². The first kappa shape index (κ1) is 13.9. The van der Waals surface area contributed by atoms with Crippen LogP contribution in [-0.2, 0) is 6.54 Å². The molecule has 1 rings (SSSR count). The van der Waals surface area contributed by atoms with E-state index in [1.54, 1.807) is 0 Å². The molecule has 0 heterocycles. The van der Waals surface area contributed by atoms with Crippen molar-refractivity contribution in [3.05, 3.63) is 29.6 Å². The number of benzene rings is 1. The van der Waals surface area contributed by atoms with Crippen LogP contribution in [0.25, 0.3) is 0 Å². The summed E-state index contributed by atoms with van der Waals surface area (Å²) in [7, 11) is 0. The summed E-state index contributed by atoms with van der Waals surface area (Å²) in [5.41, 5.74) is 0.700. The molecular weight excluding hydrogens is 221 g/mol. The van der Waals surface area contributed by atoms with Crippen LogP contribution in [0.5, 0.6) is 5.75 Å². The predicted octanol–water partition coefficient (Wildman–Crippen LogP) is 2.03. The molecule has 1 unspecified atom stereocenters. The third kappa shape index (κ3) is 4.71. The summed E-state index contributed by atoms with van der Waals surface area (Å²) in [6.45, 7) is 4.74.